The van der Waals surface area contributed by atoms with Crippen molar-refractivity contribution in [2.45, 2.75) is 58.0 Å². The number of methoxy groups -OCH3 is 1. The predicted molar refractivity (Wildman–Crippen MR) is 106 cm³/mol. The van der Waals surface area contributed by atoms with Crippen molar-refractivity contribution in [3.8, 4) is 0 Å². The van der Waals surface area contributed by atoms with Gasteiger partial charge in [-0.1, -0.05) is 43.7 Å². The Morgan fingerprint density at radius 3 is 2.48 bits per heavy atom. The highest BCUT2D eigenvalue weighted by Crippen LogP contribution is 2.26. The smallest absolute Gasteiger partial charge is 0.409 e. The van der Waals surface area contributed by atoms with E-state index in [0.29, 0.717) is 19.0 Å². The van der Waals surface area contributed by atoms with Crippen molar-refractivity contribution in [2.24, 2.45) is 5.92 Å². The summed E-state index contributed by atoms with van der Waals surface area (Å²) in [5.41, 5.74) is 1.10. The fraction of sp³-hybridized carbons (Fsp3) is 0.619. The Bertz CT molecular complexity index is 571. The van der Waals surface area contributed by atoms with Crippen molar-refractivity contribution >= 4 is 12.1 Å². The van der Waals surface area contributed by atoms with Crippen molar-refractivity contribution in [3.63, 3.8) is 0 Å². The van der Waals surface area contributed by atoms with Crippen LogP contribution in [0.4, 0.5) is 9.59 Å². The zero-order chi connectivity index (χ0) is 19.5. The first kappa shape index (κ1) is 21.1. The molecule has 3 amide bonds. The van der Waals surface area contributed by atoms with Crippen molar-refractivity contribution < 1.29 is 14.3 Å². The van der Waals surface area contributed by atoms with E-state index in [0.717, 1.165) is 50.6 Å². The Morgan fingerprint density at radius 2 is 1.85 bits per heavy atom. The number of benzene rings is 1. The van der Waals surface area contributed by atoms with E-state index in [-0.39, 0.29) is 18.2 Å². The summed E-state index contributed by atoms with van der Waals surface area (Å²) in [4.78, 5) is 25.8. The van der Waals surface area contributed by atoms with Gasteiger partial charge in [-0.15, -0.1) is 0 Å². The van der Waals surface area contributed by atoms with E-state index in [1.165, 1.54) is 7.11 Å². The number of hydrogen-bond acceptors (Lipinski definition) is 3. The van der Waals surface area contributed by atoms with E-state index in [1.807, 2.05) is 30.3 Å². The Kier molecular flexibility index (Phi) is 8.95. The van der Waals surface area contributed by atoms with Gasteiger partial charge in [-0.25, -0.2) is 9.59 Å². The molecule has 0 spiro atoms. The van der Waals surface area contributed by atoms with E-state index in [2.05, 4.69) is 17.6 Å². The van der Waals surface area contributed by atoms with Gasteiger partial charge < -0.3 is 20.3 Å². The summed E-state index contributed by atoms with van der Waals surface area (Å²) in [5.74, 6) is 0.439. The molecular formula is C21H33N3O3. The molecule has 1 aliphatic rings. The Labute approximate surface area is 162 Å². The van der Waals surface area contributed by atoms with Crippen LogP contribution in [0.3, 0.4) is 0 Å². The highest BCUT2D eigenvalue weighted by atomic mass is 16.5. The number of nitrogens with one attached hydrogen (secondary N) is 2. The molecule has 1 saturated carbocycles. The number of nitrogens with zero attached hydrogens (tertiary/aromatic N) is 1. The lowest BCUT2D eigenvalue weighted by Crippen LogP contribution is -2.45. The molecule has 1 aromatic rings. The van der Waals surface area contributed by atoms with Crippen molar-refractivity contribution in [1.82, 2.24) is 15.5 Å². The van der Waals surface area contributed by atoms with E-state index >= 15 is 0 Å². The molecule has 0 radical (unpaired) electrons. The second kappa shape index (κ2) is 11.5. The second-order valence-corrected chi connectivity index (χ2v) is 7.31. The maximum atomic E-state index is 12.2. The Balaban J connectivity index is 1.78. The third-order valence-corrected chi connectivity index (χ3v) is 5.13. The van der Waals surface area contributed by atoms with E-state index in [4.69, 9.17) is 4.74 Å². The minimum atomic E-state index is -0.283. The zero-order valence-corrected chi connectivity index (χ0v) is 16.6. The molecule has 0 bridgehead atoms. The van der Waals surface area contributed by atoms with Crippen LogP contribution in [0.2, 0.25) is 0 Å². The van der Waals surface area contributed by atoms with E-state index in [1.54, 1.807) is 4.90 Å². The number of ether oxygens (including phenoxy) is 1. The van der Waals surface area contributed by atoms with Gasteiger partial charge in [0.05, 0.1) is 7.11 Å². The fourth-order valence-corrected chi connectivity index (χ4v) is 3.55. The first-order valence-corrected chi connectivity index (χ1v) is 10.0. The second-order valence-electron chi connectivity index (χ2n) is 7.31. The molecule has 0 aromatic heterocycles. The van der Waals surface area contributed by atoms with Gasteiger partial charge in [0.2, 0.25) is 0 Å². The molecule has 0 heterocycles. The van der Waals surface area contributed by atoms with Crippen LogP contribution in [0, 0.1) is 5.92 Å². The van der Waals surface area contributed by atoms with Crippen molar-refractivity contribution in [1.29, 1.82) is 0 Å². The first-order chi connectivity index (χ1) is 13.1. The molecule has 1 fully saturated rings. The topological polar surface area (TPSA) is 70.7 Å². The number of carbonyl (C=O) groups is 2. The van der Waals surface area contributed by atoms with Crippen LogP contribution in [-0.4, -0.2) is 43.3 Å². The summed E-state index contributed by atoms with van der Waals surface area (Å²) >= 11 is 0. The monoisotopic (exact) mass is 375 g/mol. The number of amides is 3. The highest BCUT2D eigenvalue weighted by Gasteiger charge is 2.26. The molecule has 1 aliphatic carbocycles. The standard InChI is InChI=1S/C21H33N3O3/c1-3-4-14-22-20(25)23-19-12-10-18(11-13-19)16-24(21(26)27-2)15-17-8-6-5-7-9-17/h5-9,18-19H,3-4,10-16H2,1-2H3,(H2,22,23,25). The van der Waals surface area contributed by atoms with Crippen LogP contribution >= 0.6 is 0 Å². The van der Waals surface area contributed by atoms with Gasteiger partial charge in [-0.3, -0.25) is 0 Å². The minimum absolute atomic E-state index is 0.0628. The van der Waals surface area contributed by atoms with Crippen LogP contribution < -0.4 is 10.6 Å². The molecule has 6 heteroatoms. The number of carbonyl (C=O) groups excluding carboxylic acids is 2. The molecule has 0 unspecified atom stereocenters. The van der Waals surface area contributed by atoms with Gasteiger partial charge in [0.25, 0.3) is 0 Å². The lowest BCUT2D eigenvalue weighted by Gasteiger charge is -2.32. The maximum Gasteiger partial charge on any atom is 0.409 e. The Morgan fingerprint density at radius 1 is 1.15 bits per heavy atom. The summed E-state index contributed by atoms with van der Waals surface area (Å²) in [6, 6.07) is 10.1. The van der Waals surface area contributed by atoms with Gasteiger partial charge in [0, 0.05) is 25.7 Å². The maximum absolute atomic E-state index is 12.2. The third-order valence-electron chi connectivity index (χ3n) is 5.13. The lowest BCUT2D eigenvalue weighted by atomic mass is 9.85. The predicted octanol–water partition coefficient (Wildman–Crippen LogP) is 3.91. The van der Waals surface area contributed by atoms with Crippen molar-refractivity contribution in [3.05, 3.63) is 35.9 Å². The lowest BCUT2D eigenvalue weighted by molar-refractivity contribution is 0.107. The fourth-order valence-electron chi connectivity index (χ4n) is 3.55. The van der Waals surface area contributed by atoms with E-state index in [9.17, 15) is 9.59 Å². The molecule has 2 rings (SSSR count). The number of hydrogen-bond donors (Lipinski definition) is 2. The summed E-state index contributed by atoms with van der Waals surface area (Å²) in [6.07, 6.45) is 5.70. The van der Waals surface area contributed by atoms with Gasteiger partial charge in [-0.2, -0.15) is 0 Å². The summed E-state index contributed by atoms with van der Waals surface area (Å²) < 4.78 is 4.97. The SMILES string of the molecule is CCCCNC(=O)NC1CCC(CN(Cc2ccccc2)C(=O)OC)CC1. The van der Waals surface area contributed by atoms with Crippen LogP contribution in [0.25, 0.3) is 0 Å². The first-order valence-electron chi connectivity index (χ1n) is 10.0. The molecule has 1 aromatic carbocycles. The average Bonchev–Trinajstić information content (AvgIpc) is 2.69. The highest BCUT2D eigenvalue weighted by molar-refractivity contribution is 5.74. The molecule has 27 heavy (non-hydrogen) atoms. The number of urea groups is 1. The van der Waals surface area contributed by atoms with Crippen LogP contribution in [0.15, 0.2) is 30.3 Å². The molecule has 0 atom stereocenters. The van der Waals surface area contributed by atoms with Crippen LogP contribution in [0.5, 0.6) is 0 Å². The quantitative estimate of drug-likeness (QED) is 0.677. The van der Waals surface area contributed by atoms with Gasteiger partial charge in [0.1, 0.15) is 0 Å². The summed E-state index contributed by atoms with van der Waals surface area (Å²) in [6.45, 7) is 4.09. The molecule has 2 N–H and O–H groups in total. The van der Waals surface area contributed by atoms with E-state index < -0.39 is 0 Å². The normalized spacial score (nSPS) is 19.2. The largest absolute Gasteiger partial charge is 0.453 e. The average molecular weight is 376 g/mol. The van der Waals surface area contributed by atoms with Crippen LogP contribution in [0.1, 0.15) is 51.0 Å². The molecule has 0 aliphatic heterocycles. The zero-order valence-electron chi connectivity index (χ0n) is 16.6. The molecule has 0 saturated heterocycles. The Hall–Kier alpha value is -2.24. The summed E-state index contributed by atoms with van der Waals surface area (Å²) in [7, 11) is 1.43. The van der Waals surface area contributed by atoms with Crippen LogP contribution in [-0.2, 0) is 11.3 Å². The van der Waals surface area contributed by atoms with Gasteiger partial charge >= 0.3 is 12.1 Å². The van der Waals surface area contributed by atoms with Crippen molar-refractivity contribution in [2.75, 3.05) is 20.2 Å². The van der Waals surface area contributed by atoms with Gasteiger partial charge in [-0.05, 0) is 43.6 Å². The summed E-state index contributed by atoms with van der Waals surface area (Å²) in [5, 5.41) is 5.97. The van der Waals surface area contributed by atoms with Gasteiger partial charge in [0.15, 0.2) is 0 Å². The third kappa shape index (κ3) is 7.49. The molecule has 150 valence electrons. The number of rotatable bonds is 8. The molecular weight excluding hydrogens is 342 g/mol. The number of unbranched alkanes of at least 4 members (excludes halogenated alkanes) is 1. The molecule has 6 nitrogen and oxygen atoms in total. The minimum Gasteiger partial charge on any atom is -0.453 e.